The maximum atomic E-state index is 14.1. The lowest BCUT2D eigenvalue weighted by Gasteiger charge is -2.15. The summed E-state index contributed by atoms with van der Waals surface area (Å²) < 4.78 is 29.5. The molecule has 0 spiro atoms. The molecule has 5 heteroatoms. The number of hydrogen-bond acceptors (Lipinski definition) is 4. The summed E-state index contributed by atoms with van der Waals surface area (Å²) in [5.41, 5.74) is 0.678. The van der Waals surface area contributed by atoms with Crippen LogP contribution < -0.4 is 9.47 Å². The van der Waals surface area contributed by atoms with E-state index in [9.17, 15) is 9.50 Å². The molecule has 1 N–H and O–H groups in total. The van der Waals surface area contributed by atoms with E-state index in [1.54, 1.807) is 6.07 Å². The van der Waals surface area contributed by atoms with E-state index in [1.165, 1.54) is 32.6 Å². The van der Waals surface area contributed by atoms with Crippen LogP contribution in [0.2, 0.25) is 0 Å². The molecule has 2 aromatic rings. The third kappa shape index (κ3) is 2.49. The Hall–Kier alpha value is -2.01. The van der Waals surface area contributed by atoms with Crippen molar-refractivity contribution in [1.82, 2.24) is 0 Å². The van der Waals surface area contributed by atoms with E-state index in [1.807, 2.05) is 6.92 Å². The topological polar surface area (TPSA) is 51.8 Å². The molecule has 1 aromatic heterocycles. The van der Waals surface area contributed by atoms with Gasteiger partial charge in [-0.2, -0.15) is 0 Å². The van der Waals surface area contributed by atoms with Crippen LogP contribution in [-0.2, 0) is 6.42 Å². The zero-order valence-electron chi connectivity index (χ0n) is 11.6. The second kappa shape index (κ2) is 5.96. The van der Waals surface area contributed by atoms with Gasteiger partial charge < -0.3 is 19.0 Å². The molecular weight excluding hydrogens is 263 g/mol. The Morgan fingerprint density at radius 3 is 2.45 bits per heavy atom. The van der Waals surface area contributed by atoms with Crippen LogP contribution in [0.1, 0.15) is 29.9 Å². The number of halogens is 1. The van der Waals surface area contributed by atoms with E-state index in [2.05, 4.69) is 0 Å². The molecule has 1 heterocycles. The molecule has 0 fully saturated rings. The predicted molar refractivity (Wildman–Crippen MR) is 71.7 cm³/mol. The van der Waals surface area contributed by atoms with Crippen LogP contribution in [0.3, 0.4) is 0 Å². The average molecular weight is 280 g/mol. The summed E-state index contributed by atoms with van der Waals surface area (Å²) in [6.45, 7) is 1.90. The smallest absolute Gasteiger partial charge is 0.163 e. The lowest BCUT2D eigenvalue weighted by atomic mass is 10.00. The Kier molecular flexibility index (Phi) is 4.29. The van der Waals surface area contributed by atoms with Crippen molar-refractivity contribution in [3.63, 3.8) is 0 Å². The van der Waals surface area contributed by atoms with E-state index >= 15 is 0 Å². The first-order chi connectivity index (χ1) is 9.62. The van der Waals surface area contributed by atoms with Gasteiger partial charge in [0.15, 0.2) is 11.5 Å². The molecule has 20 heavy (non-hydrogen) atoms. The number of furan rings is 1. The van der Waals surface area contributed by atoms with Gasteiger partial charge in [-0.05, 0) is 12.1 Å². The molecule has 0 bridgehead atoms. The highest BCUT2D eigenvalue weighted by atomic mass is 19.1. The third-order valence-electron chi connectivity index (χ3n) is 3.19. The SMILES string of the molecule is CCc1occc1C(O)c1cc(OC)c(OC)cc1F. The number of ether oxygens (including phenoxy) is 2. The van der Waals surface area contributed by atoms with Crippen molar-refractivity contribution < 1.29 is 23.4 Å². The number of aliphatic hydroxyl groups excluding tert-OH is 1. The maximum absolute atomic E-state index is 14.1. The minimum absolute atomic E-state index is 0.124. The Labute approximate surface area is 116 Å². The van der Waals surface area contributed by atoms with Crippen molar-refractivity contribution in [2.45, 2.75) is 19.4 Å². The maximum Gasteiger partial charge on any atom is 0.163 e. The van der Waals surface area contributed by atoms with Crippen LogP contribution in [0.4, 0.5) is 4.39 Å². The summed E-state index contributed by atoms with van der Waals surface area (Å²) in [5.74, 6) is 0.721. The molecule has 1 unspecified atom stereocenters. The van der Waals surface area contributed by atoms with Crippen molar-refractivity contribution >= 4 is 0 Å². The van der Waals surface area contributed by atoms with Crippen LogP contribution in [0, 0.1) is 5.82 Å². The van der Waals surface area contributed by atoms with E-state index in [4.69, 9.17) is 13.9 Å². The molecule has 0 saturated carbocycles. The molecule has 1 aromatic carbocycles. The lowest BCUT2D eigenvalue weighted by Crippen LogP contribution is -2.05. The van der Waals surface area contributed by atoms with Gasteiger partial charge in [0.2, 0.25) is 0 Å². The van der Waals surface area contributed by atoms with E-state index < -0.39 is 11.9 Å². The molecule has 0 saturated heterocycles. The molecule has 0 aliphatic rings. The Morgan fingerprint density at radius 1 is 1.20 bits per heavy atom. The summed E-state index contributed by atoms with van der Waals surface area (Å²) >= 11 is 0. The third-order valence-corrected chi connectivity index (χ3v) is 3.19. The number of rotatable bonds is 5. The fourth-order valence-electron chi connectivity index (χ4n) is 2.13. The quantitative estimate of drug-likeness (QED) is 0.914. The monoisotopic (exact) mass is 280 g/mol. The van der Waals surface area contributed by atoms with Gasteiger partial charge in [0.05, 0.1) is 20.5 Å². The molecule has 0 amide bonds. The number of hydrogen-bond donors (Lipinski definition) is 1. The first-order valence-electron chi connectivity index (χ1n) is 6.28. The highest BCUT2D eigenvalue weighted by Crippen LogP contribution is 2.35. The number of methoxy groups -OCH3 is 2. The standard InChI is InChI=1S/C15H17FO4/c1-4-12-9(5-6-20-12)15(17)10-7-13(18-2)14(19-3)8-11(10)16/h5-8,15,17H,4H2,1-3H3. The van der Waals surface area contributed by atoms with Gasteiger partial charge in [0.25, 0.3) is 0 Å². The van der Waals surface area contributed by atoms with Gasteiger partial charge in [-0.3, -0.25) is 0 Å². The van der Waals surface area contributed by atoms with E-state index in [-0.39, 0.29) is 11.3 Å². The highest BCUT2D eigenvalue weighted by Gasteiger charge is 2.22. The fourth-order valence-corrected chi connectivity index (χ4v) is 2.13. The second-order valence-electron chi connectivity index (χ2n) is 4.28. The molecule has 4 nitrogen and oxygen atoms in total. The number of benzene rings is 1. The summed E-state index contributed by atoms with van der Waals surface area (Å²) in [6, 6.07) is 4.27. The van der Waals surface area contributed by atoms with Crippen LogP contribution in [-0.4, -0.2) is 19.3 Å². The zero-order valence-corrected chi connectivity index (χ0v) is 11.6. The minimum Gasteiger partial charge on any atom is -0.493 e. The fraction of sp³-hybridized carbons (Fsp3) is 0.333. The van der Waals surface area contributed by atoms with Crippen molar-refractivity contribution in [2.24, 2.45) is 0 Å². The van der Waals surface area contributed by atoms with Crippen molar-refractivity contribution in [2.75, 3.05) is 14.2 Å². The van der Waals surface area contributed by atoms with Crippen LogP contribution >= 0.6 is 0 Å². The molecule has 2 rings (SSSR count). The molecular formula is C15H17FO4. The average Bonchev–Trinajstić information content (AvgIpc) is 2.94. The van der Waals surface area contributed by atoms with Crippen molar-refractivity contribution in [3.05, 3.63) is 47.2 Å². The lowest BCUT2D eigenvalue weighted by molar-refractivity contribution is 0.211. The van der Waals surface area contributed by atoms with Crippen LogP contribution in [0.15, 0.2) is 28.9 Å². The van der Waals surface area contributed by atoms with Gasteiger partial charge in [0.1, 0.15) is 17.7 Å². The summed E-state index contributed by atoms with van der Waals surface area (Å²) in [6.07, 6.45) is 0.994. The number of aliphatic hydroxyl groups is 1. The van der Waals surface area contributed by atoms with E-state index in [0.29, 0.717) is 23.5 Å². The summed E-state index contributed by atoms with van der Waals surface area (Å²) in [7, 11) is 2.89. The molecule has 1 atom stereocenters. The van der Waals surface area contributed by atoms with Crippen molar-refractivity contribution in [3.8, 4) is 11.5 Å². The number of aryl methyl sites for hydroxylation is 1. The van der Waals surface area contributed by atoms with Crippen molar-refractivity contribution in [1.29, 1.82) is 0 Å². The molecule has 0 radical (unpaired) electrons. The van der Waals surface area contributed by atoms with Gasteiger partial charge in [-0.1, -0.05) is 6.92 Å². The highest BCUT2D eigenvalue weighted by molar-refractivity contribution is 5.46. The summed E-state index contributed by atoms with van der Waals surface area (Å²) in [4.78, 5) is 0. The van der Waals surface area contributed by atoms with Crippen LogP contribution in [0.5, 0.6) is 11.5 Å². The van der Waals surface area contributed by atoms with Crippen LogP contribution in [0.25, 0.3) is 0 Å². The predicted octanol–water partition coefficient (Wildman–Crippen LogP) is 3.08. The summed E-state index contributed by atoms with van der Waals surface area (Å²) in [5, 5.41) is 10.4. The molecule has 108 valence electrons. The molecule has 0 aliphatic carbocycles. The first kappa shape index (κ1) is 14.4. The van der Waals surface area contributed by atoms with Gasteiger partial charge in [0, 0.05) is 23.6 Å². The zero-order chi connectivity index (χ0) is 14.7. The van der Waals surface area contributed by atoms with E-state index in [0.717, 1.165) is 0 Å². The van der Waals surface area contributed by atoms with Gasteiger partial charge >= 0.3 is 0 Å². The molecule has 0 aliphatic heterocycles. The Balaban J connectivity index is 2.46. The van der Waals surface area contributed by atoms with Gasteiger partial charge in [-0.15, -0.1) is 0 Å². The Morgan fingerprint density at radius 2 is 1.85 bits per heavy atom. The second-order valence-corrected chi connectivity index (χ2v) is 4.28. The van der Waals surface area contributed by atoms with Gasteiger partial charge in [-0.25, -0.2) is 4.39 Å². The normalized spacial score (nSPS) is 12.2. The Bertz CT molecular complexity index is 592. The minimum atomic E-state index is -1.11. The largest absolute Gasteiger partial charge is 0.493 e. The first-order valence-corrected chi connectivity index (χ1v) is 6.28.